The van der Waals surface area contributed by atoms with Gasteiger partial charge in [-0.25, -0.2) is 0 Å². The third-order valence-corrected chi connectivity index (χ3v) is 7.06. The fourth-order valence-electron chi connectivity index (χ4n) is 5.09. The van der Waals surface area contributed by atoms with Gasteiger partial charge in [0.25, 0.3) is 0 Å². The third kappa shape index (κ3) is 5.87. The molecule has 2 heterocycles. The largest absolute Gasteiger partial charge is 0.469 e. The Morgan fingerprint density at radius 3 is 2.34 bits per heavy atom. The van der Waals surface area contributed by atoms with E-state index in [9.17, 15) is 14.9 Å². The quantitative estimate of drug-likeness (QED) is 0.264. The summed E-state index contributed by atoms with van der Waals surface area (Å²) in [6, 6.07) is 16.8. The summed E-state index contributed by atoms with van der Waals surface area (Å²) >= 11 is 0. The number of piperazine rings is 1. The molecule has 0 spiro atoms. The van der Waals surface area contributed by atoms with Crippen molar-refractivity contribution < 1.29 is 19.1 Å². The molecular formula is C28H30N6O4. The molecule has 0 aromatic heterocycles. The molecule has 196 valence electrons. The highest BCUT2D eigenvalue weighted by Crippen LogP contribution is 2.29. The number of aryl methyl sites for hydroxylation is 1. The lowest BCUT2D eigenvalue weighted by molar-refractivity contribution is -0.155. The first-order valence-corrected chi connectivity index (χ1v) is 12.5. The van der Waals surface area contributed by atoms with Crippen LogP contribution in [-0.4, -0.2) is 74.1 Å². The molecule has 0 unspecified atom stereocenters. The second kappa shape index (κ2) is 12.1. The number of nitriles is 2. The van der Waals surface area contributed by atoms with Gasteiger partial charge in [-0.2, -0.15) is 10.5 Å². The van der Waals surface area contributed by atoms with Gasteiger partial charge in [0.15, 0.2) is 0 Å². The van der Waals surface area contributed by atoms with Gasteiger partial charge in [-0.1, -0.05) is 18.2 Å². The van der Waals surface area contributed by atoms with Crippen molar-refractivity contribution in [2.24, 2.45) is 16.8 Å². The number of piperidine rings is 1. The van der Waals surface area contributed by atoms with Gasteiger partial charge in [0.2, 0.25) is 12.1 Å². The van der Waals surface area contributed by atoms with E-state index in [1.165, 1.54) is 7.11 Å². The Balaban J connectivity index is 1.43. The lowest BCUT2D eigenvalue weighted by atomic mass is 9.84. The summed E-state index contributed by atoms with van der Waals surface area (Å²) in [6.45, 7) is 4.92. The Morgan fingerprint density at radius 1 is 0.974 bits per heavy atom. The fourth-order valence-corrected chi connectivity index (χ4v) is 5.09. The molecule has 4 rings (SSSR count). The number of aliphatic imine (C=N–C) groups is 1. The van der Waals surface area contributed by atoms with Gasteiger partial charge in [0.1, 0.15) is 5.75 Å². The lowest BCUT2D eigenvalue weighted by Gasteiger charge is -2.41. The minimum atomic E-state index is -0.719. The highest BCUT2D eigenvalue weighted by atomic mass is 16.5. The van der Waals surface area contributed by atoms with E-state index < -0.39 is 17.8 Å². The molecule has 0 N–H and O–H groups in total. The van der Waals surface area contributed by atoms with E-state index in [2.05, 4.69) is 16.0 Å². The third-order valence-electron chi connectivity index (χ3n) is 7.06. The molecule has 2 aliphatic heterocycles. The van der Waals surface area contributed by atoms with Crippen LogP contribution in [0.25, 0.3) is 0 Å². The summed E-state index contributed by atoms with van der Waals surface area (Å²) in [5.41, 5.74) is 2.70. The number of esters is 1. The first kappa shape index (κ1) is 26.5. The van der Waals surface area contributed by atoms with Gasteiger partial charge in [-0.05, 0) is 49.2 Å². The number of amidine groups is 1. The van der Waals surface area contributed by atoms with Crippen molar-refractivity contribution in [3.63, 3.8) is 0 Å². The van der Waals surface area contributed by atoms with Crippen LogP contribution >= 0.6 is 0 Å². The molecule has 10 heteroatoms. The standard InChI is InChI=1S/C28H30N6O4/c1-20-16-21(17-29)8-9-25(20)32-12-14-33(15-13-32)26(35)23-10-11-34(18-24(23)27(36)37-2)28(31-19-30)38-22-6-4-3-5-7-22/h3-9,16,23-24H,10-15,18H2,1-2H3/b31-28-/t23-,24-/m0/s1. The predicted octanol–water partition coefficient (Wildman–Crippen LogP) is 2.54. The molecular weight excluding hydrogens is 484 g/mol. The van der Waals surface area contributed by atoms with Crippen LogP contribution in [0.3, 0.4) is 0 Å². The number of para-hydroxylation sites is 1. The summed E-state index contributed by atoms with van der Waals surface area (Å²) in [5, 5.41) is 18.3. The summed E-state index contributed by atoms with van der Waals surface area (Å²) in [5.74, 6) is -1.29. The van der Waals surface area contributed by atoms with Crippen LogP contribution in [0.1, 0.15) is 17.5 Å². The second-order valence-electron chi connectivity index (χ2n) is 9.31. The molecule has 2 fully saturated rings. The maximum Gasteiger partial charge on any atom is 0.311 e. The van der Waals surface area contributed by atoms with Gasteiger partial charge in [-0.15, -0.1) is 4.99 Å². The van der Waals surface area contributed by atoms with E-state index in [0.29, 0.717) is 50.5 Å². The van der Waals surface area contributed by atoms with Crippen molar-refractivity contribution in [1.82, 2.24) is 9.80 Å². The molecule has 0 saturated carbocycles. The number of methoxy groups -OCH3 is 1. The van der Waals surface area contributed by atoms with Crippen LogP contribution in [0.2, 0.25) is 0 Å². The molecule has 0 radical (unpaired) electrons. The molecule has 0 aliphatic carbocycles. The van der Waals surface area contributed by atoms with Crippen molar-refractivity contribution in [1.29, 1.82) is 10.5 Å². The summed E-state index contributed by atoms with van der Waals surface area (Å²) in [6.07, 6.45) is 2.17. The number of rotatable bonds is 4. The molecule has 2 aromatic carbocycles. The summed E-state index contributed by atoms with van der Waals surface area (Å²) < 4.78 is 10.9. The molecule has 0 bridgehead atoms. The molecule has 2 aromatic rings. The highest BCUT2D eigenvalue weighted by molar-refractivity contribution is 5.87. The van der Waals surface area contributed by atoms with Crippen LogP contribution in [0.4, 0.5) is 5.69 Å². The average molecular weight is 515 g/mol. The number of hydrogen-bond donors (Lipinski definition) is 0. The lowest BCUT2D eigenvalue weighted by Crippen LogP contribution is -2.56. The number of carbonyl (C=O) groups is 2. The minimum Gasteiger partial charge on any atom is -0.469 e. The van der Waals surface area contributed by atoms with Gasteiger partial charge < -0.3 is 24.2 Å². The zero-order chi connectivity index (χ0) is 27.1. The zero-order valence-electron chi connectivity index (χ0n) is 21.5. The van der Waals surface area contributed by atoms with E-state index in [1.54, 1.807) is 29.3 Å². The first-order chi connectivity index (χ1) is 18.4. The molecule has 10 nitrogen and oxygen atoms in total. The topological polar surface area (TPSA) is 122 Å². The van der Waals surface area contributed by atoms with E-state index in [-0.39, 0.29) is 18.5 Å². The Bertz CT molecular complexity index is 1270. The van der Waals surface area contributed by atoms with E-state index in [0.717, 1.165) is 11.3 Å². The number of carbonyl (C=O) groups excluding carboxylic acids is 2. The minimum absolute atomic E-state index is 0.0704. The normalized spacial score (nSPS) is 19.8. The van der Waals surface area contributed by atoms with Crippen molar-refractivity contribution in [3.8, 4) is 18.0 Å². The van der Waals surface area contributed by atoms with Gasteiger partial charge in [-0.3, -0.25) is 9.59 Å². The molecule has 38 heavy (non-hydrogen) atoms. The van der Waals surface area contributed by atoms with Crippen LogP contribution in [0.15, 0.2) is 53.5 Å². The monoisotopic (exact) mass is 514 g/mol. The number of benzene rings is 2. The number of amides is 1. The zero-order valence-corrected chi connectivity index (χ0v) is 21.5. The summed E-state index contributed by atoms with van der Waals surface area (Å²) in [4.78, 5) is 36.0. The van der Waals surface area contributed by atoms with Crippen LogP contribution in [0, 0.1) is 41.5 Å². The van der Waals surface area contributed by atoms with E-state index in [4.69, 9.17) is 14.7 Å². The van der Waals surface area contributed by atoms with E-state index in [1.807, 2.05) is 42.2 Å². The molecule has 2 atom stereocenters. The Labute approximate surface area is 222 Å². The van der Waals surface area contributed by atoms with Crippen molar-refractivity contribution >= 4 is 23.6 Å². The number of likely N-dealkylation sites (tertiary alicyclic amines) is 1. The van der Waals surface area contributed by atoms with Gasteiger partial charge >= 0.3 is 12.0 Å². The second-order valence-corrected chi connectivity index (χ2v) is 9.31. The maximum absolute atomic E-state index is 13.6. The Morgan fingerprint density at radius 2 is 1.71 bits per heavy atom. The average Bonchev–Trinajstić information content (AvgIpc) is 2.96. The summed E-state index contributed by atoms with van der Waals surface area (Å²) in [7, 11) is 1.31. The molecule has 1 amide bonds. The Kier molecular flexibility index (Phi) is 8.44. The van der Waals surface area contributed by atoms with Crippen molar-refractivity contribution in [2.45, 2.75) is 13.3 Å². The molecule has 2 saturated heterocycles. The van der Waals surface area contributed by atoms with Crippen LogP contribution < -0.4 is 9.64 Å². The SMILES string of the molecule is COC(=O)[C@H]1CN(/C(=N/C#N)Oc2ccccc2)CC[C@@H]1C(=O)N1CCN(c2ccc(C#N)cc2C)CC1. The number of ether oxygens (including phenoxy) is 2. The van der Waals surface area contributed by atoms with Crippen molar-refractivity contribution in [2.75, 3.05) is 51.3 Å². The molecule has 2 aliphatic rings. The van der Waals surface area contributed by atoms with Gasteiger partial charge in [0.05, 0.1) is 30.6 Å². The van der Waals surface area contributed by atoms with Gasteiger partial charge in [0, 0.05) is 45.0 Å². The number of anilines is 1. The predicted molar refractivity (Wildman–Crippen MR) is 140 cm³/mol. The van der Waals surface area contributed by atoms with Crippen LogP contribution in [0.5, 0.6) is 5.75 Å². The highest BCUT2D eigenvalue weighted by Gasteiger charge is 2.42. The number of hydrogen-bond acceptors (Lipinski definition) is 8. The van der Waals surface area contributed by atoms with Crippen molar-refractivity contribution in [3.05, 3.63) is 59.7 Å². The maximum atomic E-state index is 13.6. The fraction of sp³-hybridized carbons (Fsp3) is 0.393. The van der Waals surface area contributed by atoms with Crippen LogP contribution in [-0.2, 0) is 14.3 Å². The Hall–Kier alpha value is -4.57. The van der Waals surface area contributed by atoms with E-state index >= 15 is 0 Å². The number of nitrogens with zero attached hydrogens (tertiary/aromatic N) is 6. The first-order valence-electron chi connectivity index (χ1n) is 12.5. The smallest absolute Gasteiger partial charge is 0.311 e.